The third kappa shape index (κ3) is 1.93. The lowest BCUT2D eigenvalue weighted by Crippen LogP contribution is -2.29. The van der Waals surface area contributed by atoms with Crippen LogP contribution in [0.4, 0.5) is 0 Å². The van der Waals surface area contributed by atoms with E-state index in [-0.39, 0.29) is 12.4 Å². The molecular formula is C5H10O4S. The van der Waals surface area contributed by atoms with Gasteiger partial charge in [-0.25, -0.2) is 0 Å². The van der Waals surface area contributed by atoms with Gasteiger partial charge in [-0.05, 0) is 12.8 Å². The third-order valence-electron chi connectivity index (χ3n) is 1.41. The minimum absolute atomic E-state index is 0.0868. The van der Waals surface area contributed by atoms with Crippen molar-refractivity contribution >= 4 is 10.1 Å². The van der Waals surface area contributed by atoms with E-state index >= 15 is 0 Å². The molecule has 1 rings (SSSR count). The van der Waals surface area contributed by atoms with Crippen molar-refractivity contribution in [1.82, 2.24) is 0 Å². The third-order valence-corrected chi connectivity index (χ3v) is 2.76. The van der Waals surface area contributed by atoms with Gasteiger partial charge >= 0.3 is 0 Å². The van der Waals surface area contributed by atoms with Gasteiger partial charge < -0.3 is 5.11 Å². The first-order chi connectivity index (χ1) is 4.64. The molecule has 0 radical (unpaired) electrons. The lowest BCUT2D eigenvalue weighted by Gasteiger charge is -2.19. The first-order valence-electron chi connectivity index (χ1n) is 3.16. The van der Waals surface area contributed by atoms with E-state index in [4.69, 9.17) is 5.11 Å². The van der Waals surface area contributed by atoms with Gasteiger partial charge in [-0.2, -0.15) is 8.42 Å². The van der Waals surface area contributed by atoms with Crippen LogP contribution in [0.5, 0.6) is 0 Å². The minimum atomic E-state index is -3.30. The quantitative estimate of drug-likeness (QED) is 0.533. The predicted octanol–water partition coefficient (Wildman–Crippen LogP) is -0.512. The van der Waals surface area contributed by atoms with E-state index in [1.165, 1.54) is 0 Å². The first-order valence-corrected chi connectivity index (χ1v) is 4.73. The lowest BCUT2D eigenvalue weighted by molar-refractivity contribution is 0.104. The van der Waals surface area contributed by atoms with Crippen LogP contribution in [0.25, 0.3) is 0 Å². The van der Waals surface area contributed by atoms with Crippen molar-refractivity contribution in [2.24, 2.45) is 0 Å². The Bertz CT molecular complexity index is 196. The second kappa shape index (κ2) is 2.86. The smallest absolute Gasteiger partial charge is 0.267 e. The number of hydrogen-bond acceptors (Lipinski definition) is 4. The maximum absolute atomic E-state index is 10.7. The number of aliphatic hydroxyl groups is 1. The summed E-state index contributed by atoms with van der Waals surface area (Å²) in [7, 11) is -3.30. The van der Waals surface area contributed by atoms with Crippen LogP contribution in [0.1, 0.15) is 12.8 Å². The van der Waals surface area contributed by atoms with Crippen LogP contribution < -0.4 is 0 Å². The largest absolute Gasteiger partial charge is 0.394 e. The van der Waals surface area contributed by atoms with E-state index in [0.717, 1.165) is 0 Å². The van der Waals surface area contributed by atoms with Crippen LogP contribution in [0.2, 0.25) is 0 Å². The molecule has 1 aliphatic rings. The Labute approximate surface area is 59.9 Å². The maximum atomic E-state index is 10.7. The van der Waals surface area contributed by atoms with Crippen LogP contribution >= 0.6 is 0 Å². The van der Waals surface area contributed by atoms with Crippen molar-refractivity contribution in [3.63, 3.8) is 0 Å². The predicted molar refractivity (Wildman–Crippen MR) is 35.0 cm³/mol. The molecule has 1 heterocycles. The summed E-state index contributed by atoms with van der Waals surface area (Å²) < 4.78 is 25.9. The fourth-order valence-electron chi connectivity index (χ4n) is 0.913. The topological polar surface area (TPSA) is 63.6 Å². The highest BCUT2D eigenvalue weighted by Crippen LogP contribution is 2.14. The zero-order valence-corrected chi connectivity index (χ0v) is 6.30. The average molecular weight is 166 g/mol. The second-order valence-corrected chi connectivity index (χ2v) is 4.02. The highest BCUT2D eigenvalue weighted by Gasteiger charge is 2.24. The van der Waals surface area contributed by atoms with Gasteiger partial charge in [0.05, 0.1) is 12.4 Å². The Kier molecular flexibility index (Phi) is 2.28. The summed E-state index contributed by atoms with van der Waals surface area (Å²) in [4.78, 5) is 0. The fourth-order valence-corrected chi connectivity index (χ4v) is 2.10. The van der Waals surface area contributed by atoms with Crippen LogP contribution in [0.15, 0.2) is 0 Å². The Morgan fingerprint density at radius 3 is 2.70 bits per heavy atom. The van der Waals surface area contributed by atoms with Gasteiger partial charge in [-0.1, -0.05) is 0 Å². The standard InChI is InChI=1S/C5H10O4S/c6-4-5-2-1-3-10(7,8)9-5/h5-6H,1-4H2/t5-/m1/s1. The van der Waals surface area contributed by atoms with Crippen LogP contribution in [0.3, 0.4) is 0 Å². The fraction of sp³-hybridized carbons (Fsp3) is 1.00. The van der Waals surface area contributed by atoms with Crippen LogP contribution in [-0.4, -0.2) is 32.0 Å². The normalized spacial score (nSPS) is 31.9. The van der Waals surface area contributed by atoms with E-state index in [9.17, 15) is 8.42 Å². The Hall–Kier alpha value is -0.130. The summed E-state index contributed by atoms with van der Waals surface area (Å²) in [6.07, 6.45) is 0.724. The Morgan fingerprint density at radius 1 is 1.60 bits per heavy atom. The summed E-state index contributed by atoms with van der Waals surface area (Å²) >= 11 is 0. The number of hydrogen-bond donors (Lipinski definition) is 1. The summed E-state index contributed by atoms with van der Waals surface area (Å²) in [6.45, 7) is -0.209. The molecule has 1 aliphatic heterocycles. The SMILES string of the molecule is O=S1(=O)CCC[C@H](CO)O1. The second-order valence-electron chi connectivity index (χ2n) is 2.30. The lowest BCUT2D eigenvalue weighted by atomic mass is 10.2. The van der Waals surface area contributed by atoms with Gasteiger partial charge in [0.25, 0.3) is 10.1 Å². The molecule has 0 bridgehead atoms. The maximum Gasteiger partial charge on any atom is 0.267 e. The van der Waals surface area contributed by atoms with Crippen molar-refractivity contribution < 1.29 is 17.7 Å². The van der Waals surface area contributed by atoms with Crippen molar-refractivity contribution in [2.45, 2.75) is 18.9 Å². The van der Waals surface area contributed by atoms with Gasteiger partial charge in [-0.3, -0.25) is 4.18 Å². The van der Waals surface area contributed by atoms with Crippen molar-refractivity contribution in [2.75, 3.05) is 12.4 Å². The summed E-state index contributed by atoms with van der Waals surface area (Å²) in [5.41, 5.74) is 0. The van der Waals surface area contributed by atoms with Gasteiger partial charge in [0.1, 0.15) is 6.10 Å². The summed E-state index contributed by atoms with van der Waals surface area (Å²) in [5, 5.41) is 8.53. The van der Waals surface area contributed by atoms with E-state index in [1.807, 2.05) is 0 Å². The monoisotopic (exact) mass is 166 g/mol. The van der Waals surface area contributed by atoms with Crippen molar-refractivity contribution in [3.8, 4) is 0 Å². The molecule has 0 amide bonds. The summed E-state index contributed by atoms with van der Waals surface area (Å²) in [6, 6.07) is 0. The van der Waals surface area contributed by atoms with Crippen LogP contribution in [0, 0.1) is 0 Å². The molecule has 0 saturated carbocycles. The van der Waals surface area contributed by atoms with Gasteiger partial charge in [0, 0.05) is 0 Å². The number of aliphatic hydroxyl groups excluding tert-OH is 1. The Morgan fingerprint density at radius 2 is 2.30 bits per heavy atom. The molecule has 0 unspecified atom stereocenters. The van der Waals surface area contributed by atoms with Gasteiger partial charge in [-0.15, -0.1) is 0 Å². The van der Waals surface area contributed by atoms with E-state index in [0.29, 0.717) is 12.8 Å². The molecular weight excluding hydrogens is 156 g/mol. The molecule has 0 aromatic rings. The molecule has 1 saturated heterocycles. The van der Waals surface area contributed by atoms with Gasteiger partial charge in [0.2, 0.25) is 0 Å². The summed E-state index contributed by atoms with van der Waals surface area (Å²) in [5.74, 6) is 0.0868. The zero-order chi connectivity index (χ0) is 7.61. The molecule has 0 aromatic carbocycles. The molecule has 10 heavy (non-hydrogen) atoms. The molecule has 1 N–H and O–H groups in total. The van der Waals surface area contributed by atoms with Crippen LogP contribution in [-0.2, 0) is 14.3 Å². The molecule has 1 atom stereocenters. The van der Waals surface area contributed by atoms with E-state index in [2.05, 4.69) is 4.18 Å². The first kappa shape index (κ1) is 7.97. The highest BCUT2D eigenvalue weighted by atomic mass is 32.2. The molecule has 0 spiro atoms. The Balaban J connectivity index is 2.56. The molecule has 1 fully saturated rings. The molecule has 0 aliphatic carbocycles. The average Bonchev–Trinajstić information content (AvgIpc) is 1.86. The highest BCUT2D eigenvalue weighted by molar-refractivity contribution is 7.86. The van der Waals surface area contributed by atoms with E-state index < -0.39 is 16.2 Å². The zero-order valence-electron chi connectivity index (χ0n) is 5.49. The molecule has 4 nitrogen and oxygen atoms in total. The molecule has 60 valence electrons. The van der Waals surface area contributed by atoms with Crippen molar-refractivity contribution in [1.29, 1.82) is 0 Å². The van der Waals surface area contributed by atoms with Gasteiger partial charge in [0.15, 0.2) is 0 Å². The molecule has 0 aromatic heterocycles. The van der Waals surface area contributed by atoms with E-state index in [1.54, 1.807) is 0 Å². The number of rotatable bonds is 1. The van der Waals surface area contributed by atoms with Crippen molar-refractivity contribution in [3.05, 3.63) is 0 Å². The molecule has 5 heteroatoms. The minimum Gasteiger partial charge on any atom is -0.394 e.